The minimum atomic E-state index is 0.686. The maximum Gasteiger partial charge on any atom is -0.00134 e. The van der Waals surface area contributed by atoms with Crippen molar-refractivity contribution in [3.63, 3.8) is 0 Å². The van der Waals surface area contributed by atoms with E-state index in [1.807, 2.05) is 0 Å². The number of likely N-dealkylation sites (tertiary alicyclic amines) is 1. The Morgan fingerprint density at radius 3 is 2.82 bits per heavy atom. The first-order chi connectivity index (χ1) is 8.30. The molecule has 2 atom stereocenters. The number of nitrogens with one attached hydrogen (secondary N) is 1. The summed E-state index contributed by atoms with van der Waals surface area (Å²) in [4.78, 5) is 2.65. The molecule has 2 fully saturated rings. The summed E-state index contributed by atoms with van der Waals surface area (Å²) < 4.78 is 0. The van der Waals surface area contributed by atoms with Gasteiger partial charge in [-0.05, 0) is 76.2 Å². The average molecular weight is 238 g/mol. The van der Waals surface area contributed by atoms with Gasteiger partial charge in [-0.1, -0.05) is 20.3 Å². The minimum absolute atomic E-state index is 0.686. The molecule has 0 amide bonds. The first-order valence-corrected chi connectivity index (χ1v) is 7.74. The van der Waals surface area contributed by atoms with Crippen molar-refractivity contribution in [3.8, 4) is 0 Å². The fraction of sp³-hybridized carbons (Fsp3) is 1.00. The van der Waals surface area contributed by atoms with E-state index < -0.39 is 0 Å². The standard InChI is InChI=1S/C15H30N2/c1-3-6-14-13-16-10-8-15(14)7-5-11-17(4-2)12-9-15/h14,16H,3-13H2,1-2H3. The lowest BCUT2D eigenvalue weighted by Gasteiger charge is -2.44. The van der Waals surface area contributed by atoms with Gasteiger partial charge in [-0.2, -0.15) is 0 Å². The van der Waals surface area contributed by atoms with Crippen LogP contribution >= 0.6 is 0 Å². The van der Waals surface area contributed by atoms with Crippen LogP contribution in [0, 0.1) is 11.3 Å². The Hall–Kier alpha value is -0.0800. The van der Waals surface area contributed by atoms with Crippen LogP contribution in [0.1, 0.15) is 52.4 Å². The van der Waals surface area contributed by atoms with E-state index in [4.69, 9.17) is 0 Å². The van der Waals surface area contributed by atoms with E-state index in [2.05, 4.69) is 24.1 Å². The molecular weight excluding hydrogens is 208 g/mol. The molecule has 2 nitrogen and oxygen atoms in total. The molecule has 0 aromatic carbocycles. The van der Waals surface area contributed by atoms with Gasteiger partial charge in [0.05, 0.1) is 0 Å². The maximum absolute atomic E-state index is 3.62. The smallest absolute Gasteiger partial charge is 0.00134 e. The van der Waals surface area contributed by atoms with Gasteiger partial charge in [0.2, 0.25) is 0 Å². The van der Waals surface area contributed by atoms with Crippen molar-refractivity contribution in [1.82, 2.24) is 10.2 Å². The van der Waals surface area contributed by atoms with Crippen LogP contribution in [0.15, 0.2) is 0 Å². The Morgan fingerprint density at radius 2 is 2.06 bits per heavy atom. The van der Waals surface area contributed by atoms with Crippen molar-refractivity contribution >= 4 is 0 Å². The summed E-state index contributed by atoms with van der Waals surface area (Å²) in [6.45, 7) is 11.1. The molecule has 100 valence electrons. The molecule has 0 bridgehead atoms. The zero-order valence-electron chi connectivity index (χ0n) is 11.8. The van der Waals surface area contributed by atoms with Crippen LogP contribution in [0.3, 0.4) is 0 Å². The second-order valence-corrected chi connectivity index (χ2v) is 6.09. The molecule has 0 saturated carbocycles. The number of hydrogen-bond acceptors (Lipinski definition) is 2. The Kier molecular flexibility index (Phi) is 4.87. The van der Waals surface area contributed by atoms with E-state index in [-0.39, 0.29) is 0 Å². The van der Waals surface area contributed by atoms with E-state index in [1.165, 1.54) is 71.2 Å². The molecule has 2 aliphatic rings. The predicted molar refractivity (Wildman–Crippen MR) is 74.3 cm³/mol. The first kappa shape index (κ1) is 13.4. The molecule has 2 rings (SSSR count). The Morgan fingerprint density at radius 1 is 1.18 bits per heavy atom. The topological polar surface area (TPSA) is 15.3 Å². The fourth-order valence-electron chi connectivity index (χ4n) is 4.04. The lowest BCUT2D eigenvalue weighted by Crippen LogP contribution is -2.45. The highest BCUT2D eigenvalue weighted by Crippen LogP contribution is 2.45. The molecule has 2 unspecified atom stereocenters. The summed E-state index contributed by atoms with van der Waals surface area (Å²) >= 11 is 0. The third-order valence-corrected chi connectivity index (χ3v) is 5.22. The van der Waals surface area contributed by atoms with Gasteiger partial charge < -0.3 is 10.2 Å². The van der Waals surface area contributed by atoms with Crippen molar-refractivity contribution in [1.29, 1.82) is 0 Å². The van der Waals surface area contributed by atoms with E-state index in [9.17, 15) is 0 Å². The number of hydrogen-bond donors (Lipinski definition) is 1. The SMILES string of the molecule is CCCC1CNCCC12CCCN(CC)CC2. The number of rotatable bonds is 3. The normalized spacial score (nSPS) is 36.0. The quantitative estimate of drug-likeness (QED) is 0.813. The zero-order valence-corrected chi connectivity index (χ0v) is 11.8. The predicted octanol–water partition coefficient (Wildman–Crippen LogP) is 2.89. The highest BCUT2D eigenvalue weighted by atomic mass is 15.1. The molecule has 17 heavy (non-hydrogen) atoms. The van der Waals surface area contributed by atoms with Gasteiger partial charge in [-0.25, -0.2) is 0 Å². The van der Waals surface area contributed by atoms with E-state index >= 15 is 0 Å². The maximum atomic E-state index is 3.62. The third kappa shape index (κ3) is 3.03. The van der Waals surface area contributed by atoms with Crippen LogP contribution in [-0.2, 0) is 0 Å². The van der Waals surface area contributed by atoms with Crippen LogP contribution in [0.4, 0.5) is 0 Å². The first-order valence-electron chi connectivity index (χ1n) is 7.74. The number of piperidine rings is 1. The molecule has 1 N–H and O–H groups in total. The van der Waals surface area contributed by atoms with E-state index in [0.29, 0.717) is 5.41 Å². The van der Waals surface area contributed by atoms with Gasteiger partial charge in [-0.3, -0.25) is 0 Å². The molecule has 0 aromatic heterocycles. The van der Waals surface area contributed by atoms with Crippen LogP contribution in [0.5, 0.6) is 0 Å². The van der Waals surface area contributed by atoms with Gasteiger partial charge in [0, 0.05) is 0 Å². The molecular formula is C15H30N2. The van der Waals surface area contributed by atoms with Crippen molar-refractivity contribution < 1.29 is 0 Å². The van der Waals surface area contributed by atoms with Gasteiger partial charge in [0.25, 0.3) is 0 Å². The minimum Gasteiger partial charge on any atom is -0.316 e. The largest absolute Gasteiger partial charge is 0.316 e. The van der Waals surface area contributed by atoms with Crippen LogP contribution < -0.4 is 5.32 Å². The molecule has 1 spiro atoms. The summed E-state index contributed by atoms with van der Waals surface area (Å²) in [6, 6.07) is 0. The molecule has 0 aliphatic carbocycles. The van der Waals surface area contributed by atoms with Crippen LogP contribution in [0.2, 0.25) is 0 Å². The fourth-order valence-corrected chi connectivity index (χ4v) is 4.04. The van der Waals surface area contributed by atoms with Gasteiger partial charge >= 0.3 is 0 Å². The Bertz CT molecular complexity index is 227. The van der Waals surface area contributed by atoms with Gasteiger partial charge in [-0.15, -0.1) is 0 Å². The third-order valence-electron chi connectivity index (χ3n) is 5.22. The highest BCUT2D eigenvalue weighted by molar-refractivity contribution is 4.93. The van der Waals surface area contributed by atoms with E-state index in [1.54, 1.807) is 0 Å². The summed E-state index contributed by atoms with van der Waals surface area (Å²) in [6.07, 6.45) is 8.57. The Balaban J connectivity index is 2.03. The second-order valence-electron chi connectivity index (χ2n) is 6.09. The van der Waals surface area contributed by atoms with Crippen molar-refractivity contribution in [3.05, 3.63) is 0 Å². The van der Waals surface area contributed by atoms with Crippen LogP contribution in [0.25, 0.3) is 0 Å². The summed E-state index contributed by atoms with van der Waals surface area (Å²) in [5.74, 6) is 0.943. The van der Waals surface area contributed by atoms with Crippen molar-refractivity contribution in [2.45, 2.75) is 52.4 Å². The molecule has 2 heterocycles. The van der Waals surface area contributed by atoms with E-state index in [0.717, 1.165) is 5.92 Å². The van der Waals surface area contributed by atoms with Crippen molar-refractivity contribution in [2.75, 3.05) is 32.7 Å². The molecule has 0 aromatic rings. The lowest BCUT2D eigenvalue weighted by molar-refractivity contribution is 0.0793. The summed E-state index contributed by atoms with van der Waals surface area (Å²) in [5.41, 5.74) is 0.686. The lowest BCUT2D eigenvalue weighted by atomic mass is 9.65. The van der Waals surface area contributed by atoms with Gasteiger partial charge in [0.15, 0.2) is 0 Å². The average Bonchev–Trinajstić information content (AvgIpc) is 2.56. The number of nitrogens with zero attached hydrogens (tertiary/aromatic N) is 1. The van der Waals surface area contributed by atoms with Crippen LogP contribution in [-0.4, -0.2) is 37.6 Å². The molecule has 0 radical (unpaired) electrons. The van der Waals surface area contributed by atoms with Gasteiger partial charge in [0.1, 0.15) is 0 Å². The summed E-state index contributed by atoms with van der Waals surface area (Å²) in [7, 11) is 0. The monoisotopic (exact) mass is 238 g/mol. The molecule has 2 aliphatic heterocycles. The molecule has 2 heteroatoms. The second kappa shape index (κ2) is 6.19. The molecule has 2 saturated heterocycles. The van der Waals surface area contributed by atoms with Crippen molar-refractivity contribution in [2.24, 2.45) is 11.3 Å². The summed E-state index contributed by atoms with van der Waals surface area (Å²) in [5, 5.41) is 3.62. The Labute approximate surface area is 107 Å². The highest BCUT2D eigenvalue weighted by Gasteiger charge is 2.40. The zero-order chi connectivity index (χ0) is 12.1.